The Bertz CT molecular complexity index is 256. The first-order valence-corrected chi connectivity index (χ1v) is 7.57. The van der Waals surface area contributed by atoms with Gasteiger partial charge in [-0.1, -0.05) is 26.2 Å². The standard InChI is InChI=1S/C14H27N3O/c1-2-3-8-16-9-11-17(12-10-16)14(18)15-13-6-4-5-7-13/h13H,2-12H2,1H3,(H,15,18). The van der Waals surface area contributed by atoms with Crippen molar-refractivity contribution >= 4 is 6.03 Å². The van der Waals surface area contributed by atoms with Crippen molar-refractivity contribution in [3.63, 3.8) is 0 Å². The molecule has 0 aromatic carbocycles. The molecule has 2 aliphatic rings. The van der Waals surface area contributed by atoms with E-state index in [1.807, 2.05) is 4.90 Å². The van der Waals surface area contributed by atoms with E-state index in [-0.39, 0.29) is 6.03 Å². The summed E-state index contributed by atoms with van der Waals surface area (Å²) < 4.78 is 0. The summed E-state index contributed by atoms with van der Waals surface area (Å²) in [5.41, 5.74) is 0. The molecule has 0 unspecified atom stereocenters. The third-order valence-electron chi connectivity index (χ3n) is 4.17. The molecule has 4 nitrogen and oxygen atoms in total. The number of carbonyl (C=O) groups is 1. The van der Waals surface area contributed by atoms with Gasteiger partial charge in [0.2, 0.25) is 0 Å². The summed E-state index contributed by atoms with van der Waals surface area (Å²) in [6, 6.07) is 0.604. The lowest BCUT2D eigenvalue weighted by molar-refractivity contribution is 0.136. The van der Waals surface area contributed by atoms with Gasteiger partial charge in [-0.3, -0.25) is 4.90 Å². The van der Waals surface area contributed by atoms with Gasteiger partial charge in [-0.2, -0.15) is 0 Å². The van der Waals surface area contributed by atoms with E-state index in [1.54, 1.807) is 0 Å². The molecule has 2 rings (SSSR count). The van der Waals surface area contributed by atoms with Gasteiger partial charge < -0.3 is 10.2 Å². The smallest absolute Gasteiger partial charge is 0.317 e. The summed E-state index contributed by atoms with van der Waals surface area (Å²) in [5, 5.41) is 3.18. The molecule has 18 heavy (non-hydrogen) atoms. The van der Waals surface area contributed by atoms with Crippen LogP contribution in [0.3, 0.4) is 0 Å². The van der Waals surface area contributed by atoms with E-state index in [9.17, 15) is 4.79 Å². The van der Waals surface area contributed by atoms with E-state index in [0.717, 1.165) is 26.2 Å². The van der Waals surface area contributed by atoms with Gasteiger partial charge >= 0.3 is 6.03 Å². The van der Waals surface area contributed by atoms with E-state index < -0.39 is 0 Å². The summed E-state index contributed by atoms with van der Waals surface area (Å²) >= 11 is 0. The van der Waals surface area contributed by atoms with Crippen LogP contribution in [-0.4, -0.2) is 54.6 Å². The number of nitrogens with zero attached hydrogens (tertiary/aromatic N) is 2. The fourth-order valence-corrected chi connectivity index (χ4v) is 2.89. The number of hydrogen-bond donors (Lipinski definition) is 1. The zero-order valence-electron chi connectivity index (χ0n) is 11.7. The minimum absolute atomic E-state index is 0.164. The molecule has 104 valence electrons. The zero-order chi connectivity index (χ0) is 12.8. The van der Waals surface area contributed by atoms with Crippen molar-refractivity contribution in [2.24, 2.45) is 0 Å². The topological polar surface area (TPSA) is 35.6 Å². The Hall–Kier alpha value is -0.770. The highest BCUT2D eigenvalue weighted by Gasteiger charge is 2.23. The molecule has 0 spiro atoms. The number of piperazine rings is 1. The third kappa shape index (κ3) is 3.87. The number of unbranched alkanes of at least 4 members (excludes halogenated alkanes) is 1. The van der Waals surface area contributed by atoms with E-state index in [1.165, 1.54) is 45.1 Å². The molecule has 0 atom stereocenters. The van der Waals surface area contributed by atoms with Gasteiger partial charge in [0, 0.05) is 32.2 Å². The molecule has 0 bridgehead atoms. The van der Waals surface area contributed by atoms with E-state index in [2.05, 4.69) is 17.1 Å². The Labute approximate surface area is 111 Å². The van der Waals surface area contributed by atoms with E-state index in [0.29, 0.717) is 6.04 Å². The highest BCUT2D eigenvalue weighted by atomic mass is 16.2. The van der Waals surface area contributed by atoms with Gasteiger partial charge in [-0.05, 0) is 25.8 Å². The first kappa shape index (κ1) is 13.7. The minimum atomic E-state index is 0.164. The monoisotopic (exact) mass is 253 g/mol. The van der Waals surface area contributed by atoms with Crippen LogP contribution in [0.1, 0.15) is 45.4 Å². The van der Waals surface area contributed by atoms with Crippen LogP contribution in [0.5, 0.6) is 0 Å². The number of nitrogens with one attached hydrogen (secondary N) is 1. The van der Waals surface area contributed by atoms with Gasteiger partial charge in [0.15, 0.2) is 0 Å². The van der Waals surface area contributed by atoms with Crippen molar-refractivity contribution in [1.82, 2.24) is 15.1 Å². The van der Waals surface area contributed by atoms with Crippen molar-refractivity contribution in [1.29, 1.82) is 0 Å². The lowest BCUT2D eigenvalue weighted by Gasteiger charge is -2.35. The van der Waals surface area contributed by atoms with Gasteiger partial charge in [0.05, 0.1) is 0 Å². The lowest BCUT2D eigenvalue weighted by Crippen LogP contribution is -2.53. The molecule has 2 fully saturated rings. The molecular formula is C14H27N3O. The maximum Gasteiger partial charge on any atom is 0.317 e. The second-order valence-corrected chi connectivity index (χ2v) is 5.61. The second-order valence-electron chi connectivity index (χ2n) is 5.61. The summed E-state index contributed by atoms with van der Waals surface area (Å²) in [4.78, 5) is 16.5. The quantitative estimate of drug-likeness (QED) is 0.832. The fraction of sp³-hybridized carbons (Fsp3) is 0.929. The summed E-state index contributed by atoms with van der Waals surface area (Å²) in [6.07, 6.45) is 7.41. The van der Waals surface area contributed by atoms with Crippen LogP contribution in [0, 0.1) is 0 Å². The van der Waals surface area contributed by atoms with Crippen LogP contribution < -0.4 is 5.32 Å². The second kappa shape index (κ2) is 6.98. The molecule has 1 saturated heterocycles. The van der Waals surface area contributed by atoms with Crippen LogP contribution in [0.25, 0.3) is 0 Å². The highest BCUT2D eigenvalue weighted by molar-refractivity contribution is 5.74. The Morgan fingerprint density at radius 3 is 2.44 bits per heavy atom. The van der Waals surface area contributed by atoms with Crippen molar-refractivity contribution in [3.05, 3.63) is 0 Å². The molecule has 4 heteroatoms. The van der Waals surface area contributed by atoms with Gasteiger partial charge in [-0.15, -0.1) is 0 Å². The predicted octanol–water partition coefficient (Wildman–Crippen LogP) is 2.06. The molecule has 0 aromatic rings. The number of urea groups is 1. The molecule has 2 amide bonds. The van der Waals surface area contributed by atoms with Crippen LogP contribution in [0.2, 0.25) is 0 Å². The van der Waals surface area contributed by atoms with Crippen LogP contribution >= 0.6 is 0 Å². The maximum absolute atomic E-state index is 12.1. The normalized spacial score (nSPS) is 22.4. The lowest BCUT2D eigenvalue weighted by atomic mass is 10.2. The Kier molecular flexibility index (Phi) is 5.29. The van der Waals surface area contributed by atoms with Crippen LogP contribution in [0.15, 0.2) is 0 Å². The predicted molar refractivity (Wildman–Crippen MR) is 73.7 cm³/mol. The Morgan fingerprint density at radius 2 is 1.83 bits per heavy atom. The van der Waals surface area contributed by atoms with E-state index in [4.69, 9.17) is 0 Å². The number of rotatable bonds is 4. The maximum atomic E-state index is 12.1. The molecule has 0 radical (unpaired) electrons. The van der Waals surface area contributed by atoms with Crippen molar-refractivity contribution in [2.75, 3.05) is 32.7 Å². The van der Waals surface area contributed by atoms with E-state index >= 15 is 0 Å². The average Bonchev–Trinajstić information content (AvgIpc) is 2.89. The zero-order valence-corrected chi connectivity index (χ0v) is 11.7. The number of carbonyl (C=O) groups excluding carboxylic acids is 1. The highest BCUT2D eigenvalue weighted by Crippen LogP contribution is 2.18. The molecular weight excluding hydrogens is 226 g/mol. The summed E-state index contributed by atoms with van der Waals surface area (Å²) in [6.45, 7) is 7.28. The van der Waals surface area contributed by atoms with Gasteiger partial charge in [0.1, 0.15) is 0 Å². The number of amides is 2. The largest absolute Gasteiger partial charge is 0.335 e. The Morgan fingerprint density at radius 1 is 1.17 bits per heavy atom. The third-order valence-corrected chi connectivity index (χ3v) is 4.17. The molecule has 1 N–H and O–H groups in total. The van der Waals surface area contributed by atoms with Crippen molar-refractivity contribution in [2.45, 2.75) is 51.5 Å². The van der Waals surface area contributed by atoms with Gasteiger partial charge in [-0.25, -0.2) is 4.79 Å². The first-order chi connectivity index (χ1) is 8.79. The molecule has 0 aromatic heterocycles. The minimum Gasteiger partial charge on any atom is -0.335 e. The van der Waals surface area contributed by atoms with Crippen molar-refractivity contribution < 1.29 is 4.79 Å². The summed E-state index contributed by atoms with van der Waals surface area (Å²) in [5.74, 6) is 0. The average molecular weight is 253 g/mol. The molecule has 1 aliphatic heterocycles. The molecule has 1 saturated carbocycles. The van der Waals surface area contributed by atoms with Crippen molar-refractivity contribution in [3.8, 4) is 0 Å². The SMILES string of the molecule is CCCCN1CCN(C(=O)NC2CCCC2)CC1. The Balaban J connectivity index is 1.66. The van der Waals surface area contributed by atoms with Gasteiger partial charge in [0.25, 0.3) is 0 Å². The fourth-order valence-electron chi connectivity index (χ4n) is 2.89. The van der Waals surface area contributed by atoms with Crippen LogP contribution in [0.4, 0.5) is 4.79 Å². The number of hydrogen-bond acceptors (Lipinski definition) is 2. The summed E-state index contributed by atoms with van der Waals surface area (Å²) in [7, 11) is 0. The molecule has 1 heterocycles. The van der Waals surface area contributed by atoms with Crippen LogP contribution in [-0.2, 0) is 0 Å². The molecule has 1 aliphatic carbocycles. The first-order valence-electron chi connectivity index (χ1n) is 7.57.